The van der Waals surface area contributed by atoms with E-state index in [1.54, 1.807) is 24.3 Å². The first kappa shape index (κ1) is 25.8. The monoisotopic (exact) mass is 520 g/mol. The number of carbonyl (C=O) groups is 2. The summed E-state index contributed by atoms with van der Waals surface area (Å²) in [5, 5.41) is 10.2. The minimum Gasteiger partial charge on any atom is -0.466 e. The van der Waals surface area contributed by atoms with Crippen molar-refractivity contribution >= 4 is 17.6 Å². The Hall–Kier alpha value is -4.87. The predicted octanol–water partition coefficient (Wildman–Crippen LogP) is 4.10. The summed E-state index contributed by atoms with van der Waals surface area (Å²) in [4.78, 5) is 30.3. The molecule has 196 valence electrons. The van der Waals surface area contributed by atoms with Gasteiger partial charge >= 0.3 is 11.9 Å². The number of esters is 2. The van der Waals surface area contributed by atoms with Crippen LogP contribution in [0.15, 0.2) is 102 Å². The molecule has 0 saturated heterocycles. The van der Waals surface area contributed by atoms with E-state index in [2.05, 4.69) is 23.1 Å². The van der Waals surface area contributed by atoms with Crippen molar-refractivity contribution in [1.29, 1.82) is 5.26 Å². The van der Waals surface area contributed by atoms with E-state index in [9.17, 15) is 14.9 Å². The van der Waals surface area contributed by atoms with Gasteiger partial charge in [-0.1, -0.05) is 66.7 Å². The molecule has 1 unspecified atom stereocenters. The number of benzene rings is 3. The van der Waals surface area contributed by atoms with E-state index in [0.29, 0.717) is 17.8 Å². The summed E-state index contributed by atoms with van der Waals surface area (Å²) in [6, 6.07) is 27.2. The van der Waals surface area contributed by atoms with E-state index in [0.717, 1.165) is 24.2 Å². The number of carbonyl (C=O) groups excluding carboxylic acids is 2. The zero-order chi connectivity index (χ0) is 27.5. The number of fused-ring (bicyclic) bond motifs is 1. The number of hydrogen-bond acceptors (Lipinski definition) is 8. The van der Waals surface area contributed by atoms with Crippen molar-refractivity contribution in [2.75, 3.05) is 19.1 Å². The van der Waals surface area contributed by atoms with Crippen LogP contribution in [-0.2, 0) is 38.7 Å². The third kappa shape index (κ3) is 4.76. The van der Waals surface area contributed by atoms with Crippen LogP contribution in [0.4, 0.5) is 5.69 Å². The highest BCUT2D eigenvalue weighted by atomic mass is 16.5. The Morgan fingerprint density at radius 1 is 0.923 bits per heavy atom. The average molecular weight is 521 g/mol. The molecule has 0 fully saturated rings. The average Bonchev–Trinajstić information content (AvgIpc) is 3.38. The lowest BCUT2D eigenvalue weighted by molar-refractivity contribution is -0.139. The number of allylic oxidation sites excluding steroid dienone is 1. The lowest BCUT2D eigenvalue weighted by Crippen LogP contribution is -2.40. The van der Waals surface area contributed by atoms with Gasteiger partial charge in [-0.3, -0.25) is 9.80 Å². The highest BCUT2D eigenvalue weighted by molar-refractivity contribution is 6.06. The van der Waals surface area contributed by atoms with E-state index in [1.807, 2.05) is 42.5 Å². The van der Waals surface area contributed by atoms with Gasteiger partial charge in [-0.25, -0.2) is 9.59 Å². The molecule has 2 heterocycles. The normalized spacial score (nSPS) is 17.1. The molecule has 0 aromatic heterocycles. The SMILES string of the molecule is COC(=O)C1=C(C(=O)OC)N(c2ccc3c(c2)CN(Cc2ccccc2)C3)C(N)=C(C#N)C1c1ccccc1. The Bertz CT molecular complexity index is 1520. The molecule has 0 bridgehead atoms. The first-order valence-corrected chi connectivity index (χ1v) is 12.5. The van der Waals surface area contributed by atoms with E-state index in [-0.39, 0.29) is 22.7 Å². The second kappa shape index (κ2) is 10.9. The van der Waals surface area contributed by atoms with Crippen LogP contribution in [0.1, 0.15) is 28.2 Å². The van der Waals surface area contributed by atoms with Crippen LogP contribution >= 0.6 is 0 Å². The maximum absolute atomic E-state index is 13.3. The van der Waals surface area contributed by atoms with Crippen molar-refractivity contribution in [3.05, 3.63) is 124 Å². The third-order valence-corrected chi connectivity index (χ3v) is 7.10. The quantitative estimate of drug-likeness (QED) is 0.484. The maximum Gasteiger partial charge on any atom is 0.355 e. The van der Waals surface area contributed by atoms with Crippen LogP contribution in [-0.4, -0.2) is 31.1 Å². The number of anilines is 1. The Labute approximate surface area is 227 Å². The van der Waals surface area contributed by atoms with Crippen molar-refractivity contribution < 1.29 is 19.1 Å². The molecule has 8 nitrogen and oxygen atoms in total. The predicted molar refractivity (Wildman–Crippen MR) is 145 cm³/mol. The molecular weight excluding hydrogens is 492 g/mol. The van der Waals surface area contributed by atoms with Crippen molar-refractivity contribution in [2.24, 2.45) is 5.73 Å². The van der Waals surface area contributed by atoms with Crippen molar-refractivity contribution in [2.45, 2.75) is 25.6 Å². The smallest absolute Gasteiger partial charge is 0.355 e. The van der Waals surface area contributed by atoms with E-state index in [4.69, 9.17) is 15.2 Å². The molecule has 0 saturated carbocycles. The summed E-state index contributed by atoms with van der Waals surface area (Å²) in [5.74, 6) is -2.35. The largest absolute Gasteiger partial charge is 0.466 e. The number of nitriles is 1. The molecule has 1 atom stereocenters. The molecule has 0 aliphatic carbocycles. The minimum absolute atomic E-state index is 0.00694. The van der Waals surface area contributed by atoms with Crippen LogP contribution in [0.2, 0.25) is 0 Å². The van der Waals surface area contributed by atoms with Crippen LogP contribution in [0, 0.1) is 11.3 Å². The first-order chi connectivity index (χ1) is 19.0. The van der Waals surface area contributed by atoms with Crippen LogP contribution in [0.3, 0.4) is 0 Å². The molecule has 0 spiro atoms. The summed E-state index contributed by atoms with van der Waals surface area (Å²) in [6.07, 6.45) is 0. The highest BCUT2D eigenvalue weighted by Gasteiger charge is 2.43. The first-order valence-electron chi connectivity index (χ1n) is 12.5. The zero-order valence-electron chi connectivity index (χ0n) is 21.8. The van der Waals surface area contributed by atoms with Gasteiger partial charge < -0.3 is 15.2 Å². The standard InChI is InChI=1S/C31H28N4O4/c1-38-30(36)27-26(21-11-7-4-8-12-21)25(16-32)29(33)35(28(27)31(37)39-2)24-14-13-22-18-34(19-23(22)15-24)17-20-9-5-3-6-10-20/h3-15,26H,17-19,33H2,1-2H3. The number of nitrogens with two attached hydrogens (primary N) is 1. The summed E-state index contributed by atoms with van der Waals surface area (Å²) in [6.45, 7) is 2.28. The fraction of sp³-hybridized carbons (Fsp3) is 0.194. The summed E-state index contributed by atoms with van der Waals surface area (Å²) >= 11 is 0. The Morgan fingerprint density at radius 2 is 1.56 bits per heavy atom. The van der Waals surface area contributed by atoms with Gasteiger partial charge in [-0.15, -0.1) is 0 Å². The van der Waals surface area contributed by atoms with Crippen LogP contribution in [0.25, 0.3) is 0 Å². The molecule has 0 amide bonds. The minimum atomic E-state index is -0.898. The van der Waals surface area contributed by atoms with Gasteiger partial charge in [0.2, 0.25) is 0 Å². The van der Waals surface area contributed by atoms with E-state index >= 15 is 0 Å². The lowest BCUT2D eigenvalue weighted by atomic mass is 9.81. The molecule has 0 radical (unpaired) electrons. The van der Waals surface area contributed by atoms with E-state index < -0.39 is 17.9 Å². The summed E-state index contributed by atoms with van der Waals surface area (Å²) < 4.78 is 10.2. The highest BCUT2D eigenvalue weighted by Crippen LogP contribution is 2.43. The second-order valence-corrected chi connectivity index (χ2v) is 9.42. The molecule has 5 rings (SSSR count). The van der Waals surface area contributed by atoms with Crippen LogP contribution < -0.4 is 10.6 Å². The number of hydrogen-bond donors (Lipinski definition) is 1. The topological polar surface area (TPSA) is 109 Å². The maximum atomic E-state index is 13.3. The van der Waals surface area contributed by atoms with Gasteiger partial charge in [-0.2, -0.15) is 5.26 Å². The molecule has 2 N–H and O–H groups in total. The molecule has 8 heteroatoms. The lowest BCUT2D eigenvalue weighted by Gasteiger charge is -2.36. The van der Waals surface area contributed by atoms with Gasteiger partial charge in [-0.05, 0) is 34.4 Å². The molecular formula is C31H28N4O4. The van der Waals surface area contributed by atoms with Gasteiger partial charge in [0, 0.05) is 25.3 Å². The van der Waals surface area contributed by atoms with Crippen molar-refractivity contribution in [3.8, 4) is 6.07 Å². The van der Waals surface area contributed by atoms with Crippen LogP contribution in [0.5, 0.6) is 0 Å². The number of ether oxygens (including phenoxy) is 2. The van der Waals surface area contributed by atoms with Gasteiger partial charge in [0.05, 0.1) is 37.4 Å². The Morgan fingerprint density at radius 3 is 2.21 bits per heavy atom. The second-order valence-electron chi connectivity index (χ2n) is 9.42. The van der Waals surface area contributed by atoms with Crippen molar-refractivity contribution in [1.82, 2.24) is 4.90 Å². The molecule has 2 aliphatic heterocycles. The summed E-state index contributed by atoms with van der Waals surface area (Å²) in [5.41, 5.74) is 11.3. The molecule has 39 heavy (non-hydrogen) atoms. The summed E-state index contributed by atoms with van der Waals surface area (Å²) in [7, 11) is 2.48. The van der Waals surface area contributed by atoms with E-state index in [1.165, 1.54) is 24.7 Å². The fourth-order valence-electron chi connectivity index (χ4n) is 5.33. The third-order valence-electron chi connectivity index (χ3n) is 7.10. The fourth-order valence-corrected chi connectivity index (χ4v) is 5.33. The van der Waals surface area contributed by atoms with Gasteiger partial charge in [0.15, 0.2) is 0 Å². The molecule has 2 aliphatic rings. The Balaban J connectivity index is 1.61. The molecule has 3 aromatic rings. The number of methoxy groups -OCH3 is 2. The molecule has 3 aromatic carbocycles. The number of rotatable bonds is 6. The number of nitrogens with zero attached hydrogens (tertiary/aromatic N) is 3. The van der Waals surface area contributed by atoms with Crippen molar-refractivity contribution in [3.63, 3.8) is 0 Å². The zero-order valence-corrected chi connectivity index (χ0v) is 21.8. The van der Waals surface area contributed by atoms with Gasteiger partial charge in [0.25, 0.3) is 0 Å². The Kier molecular flexibility index (Phi) is 7.17. The van der Waals surface area contributed by atoms with Gasteiger partial charge in [0.1, 0.15) is 11.5 Å².